The first kappa shape index (κ1) is 20.7. The van der Waals surface area contributed by atoms with Crippen molar-refractivity contribution in [1.82, 2.24) is 15.3 Å². The molecule has 0 bridgehead atoms. The number of nitrogens with one attached hydrogen (secondary N) is 2. The van der Waals surface area contributed by atoms with E-state index >= 15 is 0 Å². The SMILES string of the molecule is CCOC1=CCC2=c3c(Nc4cccc(OCC)c4)nn(C)c3=CC2=C1CC(=O)NO. The maximum Gasteiger partial charge on any atom is 0.247 e. The number of hydroxylamine groups is 1. The van der Waals surface area contributed by atoms with E-state index in [0.717, 1.165) is 44.5 Å². The number of nitrogens with zero attached hydrogens (tertiary/aromatic N) is 2. The Kier molecular flexibility index (Phi) is 5.81. The molecule has 1 aromatic heterocycles. The minimum atomic E-state index is -0.483. The highest BCUT2D eigenvalue weighted by Crippen LogP contribution is 2.35. The van der Waals surface area contributed by atoms with Crippen LogP contribution in [0, 0.1) is 0 Å². The number of carbonyl (C=O) groups is 1. The van der Waals surface area contributed by atoms with E-state index in [9.17, 15) is 4.79 Å². The van der Waals surface area contributed by atoms with Crippen LogP contribution in [-0.4, -0.2) is 34.1 Å². The lowest BCUT2D eigenvalue weighted by Gasteiger charge is -2.21. The van der Waals surface area contributed by atoms with Gasteiger partial charge in [-0.05, 0) is 55.7 Å². The number of hydrogen-bond donors (Lipinski definition) is 3. The molecule has 1 amide bonds. The zero-order chi connectivity index (χ0) is 22.0. The van der Waals surface area contributed by atoms with E-state index in [-0.39, 0.29) is 6.42 Å². The molecule has 0 unspecified atom stereocenters. The second-order valence-corrected chi connectivity index (χ2v) is 7.25. The zero-order valence-electron chi connectivity index (χ0n) is 17.9. The highest BCUT2D eigenvalue weighted by molar-refractivity contribution is 5.91. The third kappa shape index (κ3) is 3.94. The molecule has 0 saturated carbocycles. The van der Waals surface area contributed by atoms with Gasteiger partial charge in [0.15, 0.2) is 5.82 Å². The zero-order valence-corrected chi connectivity index (χ0v) is 17.9. The highest BCUT2D eigenvalue weighted by atomic mass is 16.5. The van der Waals surface area contributed by atoms with E-state index in [1.54, 1.807) is 5.48 Å². The first-order valence-corrected chi connectivity index (χ1v) is 10.3. The molecule has 1 heterocycles. The molecule has 0 aliphatic heterocycles. The van der Waals surface area contributed by atoms with Crippen molar-refractivity contribution < 1.29 is 19.5 Å². The van der Waals surface area contributed by atoms with Gasteiger partial charge in [0.1, 0.15) is 11.5 Å². The van der Waals surface area contributed by atoms with Crippen LogP contribution >= 0.6 is 0 Å². The number of aryl methyl sites for hydroxylation is 1. The molecule has 1 aromatic carbocycles. The maximum absolute atomic E-state index is 11.9. The number of fused-ring (bicyclic) bond motifs is 2. The Hall–Kier alpha value is -3.52. The van der Waals surface area contributed by atoms with Crippen molar-refractivity contribution in [2.75, 3.05) is 18.5 Å². The number of rotatable bonds is 8. The third-order valence-corrected chi connectivity index (χ3v) is 5.28. The molecular formula is C23H26N4O4. The van der Waals surface area contributed by atoms with Gasteiger partial charge in [0, 0.05) is 29.6 Å². The second kappa shape index (κ2) is 8.69. The summed E-state index contributed by atoms with van der Waals surface area (Å²) in [6.45, 7) is 4.95. The highest BCUT2D eigenvalue weighted by Gasteiger charge is 2.27. The normalized spacial score (nSPS) is 14.5. The second-order valence-electron chi connectivity index (χ2n) is 7.25. The number of anilines is 2. The fourth-order valence-electron chi connectivity index (χ4n) is 4.03. The summed E-state index contributed by atoms with van der Waals surface area (Å²) in [4.78, 5) is 11.9. The molecule has 0 spiro atoms. The van der Waals surface area contributed by atoms with E-state index in [0.29, 0.717) is 25.4 Å². The summed E-state index contributed by atoms with van der Waals surface area (Å²) in [7, 11) is 1.90. The predicted octanol–water partition coefficient (Wildman–Crippen LogP) is 2.02. The third-order valence-electron chi connectivity index (χ3n) is 5.28. The van der Waals surface area contributed by atoms with Gasteiger partial charge in [-0.25, -0.2) is 5.48 Å². The number of aromatic nitrogens is 2. The van der Waals surface area contributed by atoms with Crippen LogP contribution in [0.4, 0.5) is 11.5 Å². The summed E-state index contributed by atoms with van der Waals surface area (Å²) in [6.07, 6.45) is 4.71. The van der Waals surface area contributed by atoms with Gasteiger partial charge >= 0.3 is 0 Å². The standard InChI is InChI=1S/C23H26N4O4/c1-4-30-15-8-6-7-14(11-15)24-23-22-16-9-10-20(31-5-2)18(13-21(28)26-29)17(16)12-19(22)27(3)25-23/h6-8,10-12,29H,4-5,9,13H2,1-3H3,(H,24,25)(H,26,28). The van der Waals surface area contributed by atoms with Crippen LogP contribution in [0.25, 0.3) is 11.6 Å². The van der Waals surface area contributed by atoms with E-state index in [1.165, 1.54) is 0 Å². The van der Waals surface area contributed by atoms with Gasteiger partial charge in [-0.1, -0.05) is 6.07 Å². The minimum absolute atomic E-state index is 0.0260. The van der Waals surface area contributed by atoms with Crippen molar-refractivity contribution in [1.29, 1.82) is 0 Å². The van der Waals surface area contributed by atoms with Gasteiger partial charge in [0.25, 0.3) is 0 Å². The van der Waals surface area contributed by atoms with Crippen LogP contribution in [0.2, 0.25) is 0 Å². The minimum Gasteiger partial charge on any atom is -0.494 e. The molecule has 0 atom stereocenters. The molecule has 2 aliphatic carbocycles. The van der Waals surface area contributed by atoms with Crippen LogP contribution < -0.4 is 26.1 Å². The fraction of sp³-hybridized carbons (Fsp3) is 0.304. The molecule has 0 saturated heterocycles. The fourth-order valence-corrected chi connectivity index (χ4v) is 4.03. The number of ether oxygens (including phenoxy) is 2. The Labute approximate surface area is 180 Å². The smallest absolute Gasteiger partial charge is 0.247 e. The van der Waals surface area contributed by atoms with Gasteiger partial charge in [-0.2, -0.15) is 5.10 Å². The molecule has 8 nitrogen and oxygen atoms in total. The lowest BCUT2D eigenvalue weighted by molar-refractivity contribution is -0.128. The Morgan fingerprint density at radius 1 is 1.26 bits per heavy atom. The number of amides is 1. The van der Waals surface area contributed by atoms with E-state index in [1.807, 2.05) is 62.0 Å². The quantitative estimate of drug-likeness (QED) is 0.445. The Morgan fingerprint density at radius 3 is 2.81 bits per heavy atom. The molecule has 3 N–H and O–H groups in total. The number of hydrogen-bond acceptors (Lipinski definition) is 6. The number of allylic oxidation sites excluding steroid dienone is 3. The largest absolute Gasteiger partial charge is 0.494 e. The molecule has 4 rings (SSSR count). The van der Waals surface area contributed by atoms with Gasteiger partial charge in [-0.15, -0.1) is 0 Å². The summed E-state index contributed by atoms with van der Waals surface area (Å²) in [5.74, 6) is 1.73. The van der Waals surface area contributed by atoms with Crippen molar-refractivity contribution in [3.8, 4) is 5.75 Å². The molecule has 0 radical (unpaired) electrons. The lowest BCUT2D eigenvalue weighted by atomic mass is 9.90. The average molecular weight is 422 g/mol. The number of benzene rings is 1. The molecule has 162 valence electrons. The number of carbonyl (C=O) groups excluding carboxylic acids is 1. The summed E-state index contributed by atoms with van der Waals surface area (Å²) in [5, 5.41) is 19.1. The van der Waals surface area contributed by atoms with Gasteiger partial charge in [0.2, 0.25) is 5.91 Å². The molecule has 8 heteroatoms. The van der Waals surface area contributed by atoms with Crippen molar-refractivity contribution >= 4 is 29.1 Å². The maximum atomic E-state index is 11.9. The van der Waals surface area contributed by atoms with E-state index in [4.69, 9.17) is 14.7 Å². The molecule has 31 heavy (non-hydrogen) atoms. The molecule has 0 fully saturated rings. The molecule has 2 aromatic rings. The predicted molar refractivity (Wildman–Crippen MR) is 117 cm³/mol. The van der Waals surface area contributed by atoms with Crippen LogP contribution in [0.15, 0.2) is 47.2 Å². The van der Waals surface area contributed by atoms with Crippen LogP contribution in [0.3, 0.4) is 0 Å². The van der Waals surface area contributed by atoms with Gasteiger partial charge in [0.05, 0.1) is 25.0 Å². The van der Waals surface area contributed by atoms with Crippen molar-refractivity contribution in [3.63, 3.8) is 0 Å². The lowest BCUT2D eigenvalue weighted by Crippen LogP contribution is -2.27. The van der Waals surface area contributed by atoms with Gasteiger partial charge in [-0.3, -0.25) is 14.7 Å². The Morgan fingerprint density at radius 2 is 2.06 bits per heavy atom. The summed E-state index contributed by atoms with van der Waals surface area (Å²) >= 11 is 0. The van der Waals surface area contributed by atoms with Crippen molar-refractivity contribution in [2.45, 2.75) is 26.7 Å². The average Bonchev–Trinajstić information content (AvgIpc) is 3.28. The first-order chi connectivity index (χ1) is 15.0. The molecular weight excluding hydrogens is 396 g/mol. The van der Waals surface area contributed by atoms with E-state index < -0.39 is 5.91 Å². The van der Waals surface area contributed by atoms with Crippen molar-refractivity contribution in [3.05, 3.63) is 57.8 Å². The Balaban J connectivity index is 1.79. The van der Waals surface area contributed by atoms with Crippen molar-refractivity contribution in [2.24, 2.45) is 7.05 Å². The molecule has 2 aliphatic rings. The summed E-state index contributed by atoms with van der Waals surface area (Å²) in [6, 6.07) is 7.76. The van der Waals surface area contributed by atoms with Crippen LogP contribution in [-0.2, 0) is 16.6 Å². The summed E-state index contributed by atoms with van der Waals surface area (Å²) < 4.78 is 13.2. The Bertz CT molecular complexity index is 1210. The van der Waals surface area contributed by atoms with Crippen LogP contribution in [0.5, 0.6) is 5.75 Å². The summed E-state index contributed by atoms with van der Waals surface area (Å²) in [5.41, 5.74) is 5.39. The van der Waals surface area contributed by atoms with Crippen LogP contribution in [0.1, 0.15) is 26.7 Å². The monoisotopic (exact) mass is 422 g/mol. The van der Waals surface area contributed by atoms with Gasteiger partial charge < -0.3 is 14.8 Å². The van der Waals surface area contributed by atoms with E-state index in [2.05, 4.69) is 10.4 Å². The first-order valence-electron chi connectivity index (χ1n) is 10.3. The topological polar surface area (TPSA) is 97.6 Å².